The summed E-state index contributed by atoms with van der Waals surface area (Å²) in [5.41, 5.74) is 1.02. The second kappa shape index (κ2) is 4.83. The minimum atomic E-state index is -0.394. The molecule has 0 atom stereocenters. The molecule has 0 aliphatic heterocycles. The predicted molar refractivity (Wildman–Crippen MR) is 69.0 cm³/mol. The molecule has 2 aromatic rings. The van der Waals surface area contributed by atoms with Crippen molar-refractivity contribution in [1.82, 2.24) is 9.78 Å². The first-order valence-corrected chi connectivity index (χ1v) is 6.23. The van der Waals surface area contributed by atoms with Gasteiger partial charge in [-0.3, -0.25) is 14.8 Å². The van der Waals surface area contributed by atoms with Gasteiger partial charge < -0.3 is 0 Å². The number of aryl methyl sites for hydroxylation is 1. The summed E-state index contributed by atoms with van der Waals surface area (Å²) in [7, 11) is 0. The fraction of sp³-hybridized carbons (Fsp3) is 0.364. The van der Waals surface area contributed by atoms with Gasteiger partial charge in [-0.1, -0.05) is 13.3 Å². The Morgan fingerprint density at radius 1 is 1.53 bits per heavy atom. The third-order valence-corrected chi connectivity index (χ3v) is 3.21. The molecule has 5 nitrogen and oxygen atoms in total. The van der Waals surface area contributed by atoms with Crippen LogP contribution in [0.25, 0.3) is 10.9 Å². The third-order valence-electron chi connectivity index (χ3n) is 2.62. The van der Waals surface area contributed by atoms with E-state index >= 15 is 0 Å². The number of nitrogens with zero attached hydrogens (tertiary/aromatic N) is 3. The lowest BCUT2D eigenvalue weighted by atomic mass is 10.2. The molecular weight excluding hydrogens is 286 g/mol. The SMILES string of the molecule is CCCCn1nc(Br)c2cc([N+](=O)[O-])ccc21. The van der Waals surface area contributed by atoms with Crippen molar-refractivity contribution in [3.63, 3.8) is 0 Å². The zero-order valence-corrected chi connectivity index (χ0v) is 11.0. The van der Waals surface area contributed by atoms with Crippen molar-refractivity contribution in [2.75, 3.05) is 0 Å². The fourth-order valence-corrected chi connectivity index (χ4v) is 2.23. The molecule has 90 valence electrons. The van der Waals surface area contributed by atoms with Crippen LogP contribution in [-0.4, -0.2) is 14.7 Å². The highest BCUT2D eigenvalue weighted by Crippen LogP contribution is 2.27. The van der Waals surface area contributed by atoms with E-state index in [4.69, 9.17) is 0 Å². The number of halogens is 1. The van der Waals surface area contributed by atoms with Gasteiger partial charge in [0.25, 0.3) is 5.69 Å². The highest BCUT2D eigenvalue weighted by atomic mass is 79.9. The van der Waals surface area contributed by atoms with Crippen LogP contribution in [0.4, 0.5) is 5.69 Å². The summed E-state index contributed by atoms with van der Waals surface area (Å²) in [4.78, 5) is 10.3. The molecular formula is C11H12BrN3O2. The van der Waals surface area contributed by atoms with Crippen LogP contribution in [0.5, 0.6) is 0 Å². The highest BCUT2D eigenvalue weighted by Gasteiger charge is 2.13. The second-order valence-corrected chi connectivity index (χ2v) is 4.58. The van der Waals surface area contributed by atoms with E-state index in [2.05, 4.69) is 28.0 Å². The van der Waals surface area contributed by atoms with Crippen LogP contribution < -0.4 is 0 Å². The predicted octanol–water partition coefficient (Wildman–Crippen LogP) is 3.51. The minimum absolute atomic E-state index is 0.0910. The van der Waals surface area contributed by atoms with Crippen LogP contribution in [0.3, 0.4) is 0 Å². The van der Waals surface area contributed by atoms with Crippen molar-refractivity contribution >= 4 is 32.5 Å². The number of non-ortho nitro benzene ring substituents is 1. The number of unbranched alkanes of at least 4 members (excludes halogenated alkanes) is 1. The van der Waals surface area contributed by atoms with E-state index in [9.17, 15) is 10.1 Å². The van der Waals surface area contributed by atoms with Gasteiger partial charge in [0.05, 0.1) is 10.4 Å². The number of benzene rings is 1. The van der Waals surface area contributed by atoms with Gasteiger partial charge >= 0.3 is 0 Å². The van der Waals surface area contributed by atoms with Gasteiger partial charge in [0.1, 0.15) is 4.60 Å². The topological polar surface area (TPSA) is 61.0 Å². The summed E-state index contributed by atoms with van der Waals surface area (Å²) in [5.74, 6) is 0. The van der Waals surface area contributed by atoms with Gasteiger partial charge in [-0.25, -0.2) is 0 Å². The minimum Gasteiger partial charge on any atom is -0.264 e. The normalized spacial score (nSPS) is 10.9. The molecule has 6 heteroatoms. The summed E-state index contributed by atoms with van der Waals surface area (Å²) in [5, 5.41) is 15.8. The number of hydrogen-bond donors (Lipinski definition) is 0. The zero-order chi connectivity index (χ0) is 12.4. The number of nitro benzene ring substituents is 1. The van der Waals surface area contributed by atoms with Crippen molar-refractivity contribution in [2.45, 2.75) is 26.3 Å². The maximum absolute atomic E-state index is 10.7. The third kappa shape index (κ3) is 2.31. The van der Waals surface area contributed by atoms with E-state index in [1.807, 2.05) is 4.68 Å². The molecule has 17 heavy (non-hydrogen) atoms. The Balaban J connectivity index is 2.49. The van der Waals surface area contributed by atoms with E-state index in [1.165, 1.54) is 6.07 Å². The molecule has 1 aromatic heterocycles. The number of rotatable bonds is 4. The summed E-state index contributed by atoms with van der Waals surface area (Å²) >= 11 is 3.34. The first-order valence-electron chi connectivity index (χ1n) is 5.44. The first-order chi connectivity index (χ1) is 8.13. The zero-order valence-electron chi connectivity index (χ0n) is 9.39. The van der Waals surface area contributed by atoms with Gasteiger partial charge in [-0.05, 0) is 28.4 Å². The van der Waals surface area contributed by atoms with Gasteiger partial charge in [0.15, 0.2) is 0 Å². The second-order valence-electron chi connectivity index (χ2n) is 3.83. The van der Waals surface area contributed by atoms with Crippen LogP contribution in [0.2, 0.25) is 0 Å². The van der Waals surface area contributed by atoms with E-state index in [-0.39, 0.29) is 5.69 Å². The molecule has 2 rings (SSSR count). The molecule has 0 amide bonds. The van der Waals surface area contributed by atoms with Gasteiger partial charge in [0.2, 0.25) is 0 Å². The number of aromatic nitrogens is 2. The van der Waals surface area contributed by atoms with Crippen molar-refractivity contribution in [1.29, 1.82) is 0 Å². The van der Waals surface area contributed by atoms with Crippen molar-refractivity contribution in [2.24, 2.45) is 0 Å². The Hall–Kier alpha value is -1.43. The summed E-state index contributed by atoms with van der Waals surface area (Å²) in [6, 6.07) is 4.81. The average Bonchev–Trinajstić information content (AvgIpc) is 2.63. The van der Waals surface area contributed by atoms with Crippen LogP contribution in [-0.2, 0) is 6.54 Å². The Kier molecular flexibility index (Phi) is 3.42. The molecule has 0 spiro atoms. The van der Waals surface area contributed by atoms with Crippen LogP contribution in [0, 0.1) is 10.1 Å². The van der Waals surface area contributed by atoms with E-state index in [0.717, 1.165) is 30.3 Å². The van der Waals surface area contributed by atoms with Crippen molar-refractivity contribution in [3.8, 4) is 0 Å². The summed E-state index contributed by atoms with van der Waals surface area (Å²) < 4.78 is 2.54. The lowest BCUT2D eigenvalue weighted by molar-refractivity contribution is -0.384. The Bertz CT molecular complexity index is 565. The maximum atomic E-state index is 10.7. The summed E-state index contributed by atoms with van der Waals surface area (Å²) in [6.07, 6.45) is 2.13. The van der Waals surface area contributed by atoms with Crippen LogP contribution in [0.15, 0.2) is 22.8 Å². The standard InChI is InChI=1S/C11H12BrN3O2/c1-2-3-6-14-10-5-4-8(15(16)17)7-9(10)11(12)13-14/h4-5,7H,2-3,6H2,1H3. The largest absolute Gasteiger partial charge is 0.270 e. The fourth-order valence-electron chi connectivity index (χ4n) is 1.72. The van der Waals surface area contributed by atoms with Crippen molar-refractivity contribution < 1.29 is 4.92 Å². The van der Waals surface area contributed by atoms with Gasteiger partial charge in [-0.15, -0.1) is 0 Å². The average molecular weight is 298 g/mol. The lowest BCUT2D eigenvalue weighted by Crippen LogP contribution is -1.99. The molecule has 0 aliphatic rings. The van der Waals surface area contributed by atoms with Crippen LogP contribution >= 0.6 is 15.9 Å². The number of fused-ring (bicyclic) bond motifs is 1. The molecule has 0 N–H and O–H groups in total. The monoisotopic (exact) mass is 297 g/mol. The lowest BCUT2D eigenvalue weighted by Gasteiger charge is -2.01. The van der Waals surface area contributed by atoms with Gasteiger partial charge in [-0.2, -0.15) is 5.10 Å². The van der Waals surface area contributed by atoms with Gasteiger partial charge in [0, 0.05) is 24.1 Å². The van der Waals surface area contributed by atoms with E-state index in [0.29, 0.717) is 4.60 Å². The smallest absolute Gasteiger partial charge is 0.264 e. The molecule has 0 saturated carbocycles. The molecule has 1 heterocycles. The van der Waals surface area contributed by atoms with E-state index in [1.54, 1.807) is 12.1 Å². The molecule has 0 aliphatic carbocycles. The van der Waals surface area contributed by atoms with Crippen molar-refractivity contribution in [3.05, 3.63) is 32.9 Å². The molecule has 1 aromatic carbocycles. The Labute approximate surface area is 107 Å². The summed E-state index contributed by atoms with van der Waals surface area (Å²) in [6.45, 7) is 2.95. The Morgan fingerprint density at radius 2 is 2.29 bits per heavy atom. The number of nitro groups is 1. The van der Waals surface area contributed by atoms with Crippen LogP contribution in [0.1, 0.15) is 19.8 Å². The number of hydrogen-bond acceptors (Lipinski definition) is 3. The quantitative estimate of drug-likeness (QED) is 0.641. The van der Waals surface area contributed by atoms with E-state index < -0.39 is 4.92 Å². The molecule has 0 fully saturated rings. The first kappa shape index (κ1) is 12.0. The maximum Gasteiger partial charge on any atom is 0.270 e. The molecule has 0 unspecified atom stereocenters. The molecule has 0 radical (unpaired) electrons. The molecule has 0 saturated heterocycles. The Morgan fingerprint density at radius 3 is 2.94 bits per heavy atom. The highest BCUT2D eigenvalue weighted by molar-refractivity contribution is 9.10. The molecule has 0 bridgehead atoms.